The first-order valence-electron chi connectivity index (χ1n) is 6.60. The fraction of sp³-hybridized carbons (Fsp3) is 0.615. The molecule has 0 saturated carbocycles. The summed E-state index contributed by atoms with van der Waals surface area (Å²) in [7, 11) is 0. The number of likely N-dealkylation sites (tertiary alicyclic amines) is 1. The van der Waals surface area contributed by atoms with Gasteiger partial charge in [-0.15, -0.1) is 0 Å². The van der Waals surface area contributed by atoms with Crippen LogP contribution in [0.3, 0.4) is 0 Å². The predicted molar refractivity (Wildman–Crippen MR) is 69.5 cm³/mol. The predicted octanol–water partition coefficient (Wildman–Crippen LogP) is 1.57. The SMILES string of the molecule is Cc1cc(NC(=O)C(=O)N2CCCC(C)CC2)no1. The lowest BCUT2D eigenvalue weighted by atomic mass is 10.0. The minimum atomic E-state index is -0.650. The van der Waals surface area contributed by atoms with Crippen LogP contribution >= 0.6 is 0 Å². The van der Waals surface area contributed by atoms with Gasteiger partial charge < -0.3 is 9.42 Å². The normalized spacial score (nSPS) is 19.9. The van der Waals surface area contributed by atoms with Crippen LogP contribution in [-0.2, 0) is 9.59 Å². The van der Waals surface area contributed by atoms with Gasteiger partial charge in [0.1, 0.15) is 5.76 Å². The van der Waals surface area contributed by atoms with Crippen LogP contribution in [0.4, 0.5) is 5.82 Å². The Morgan fingerprint density at radius 3 is 2.89 bits per heavy atom. The van der Waals surface area contributed by atoms with Crippen LogP contribution in [0.15, 0.2) is 10.6 Å². The molecule has 0 radical (unpaired) electrons. The van der Waals surface area contributed by atoms with E-state index in [0.29, 0.717) is 24.8 Å². The number of aromatic nitrogens is 1. The maximum Gasteiger partial charge on any atom is 0.315 e. The first kappa shape index (κ1) is 13.6. The maximum atomic E-state index is 12.0. The summed E-state index contributed by atoms with van der Waals surface area (Å²) >= 11 is 0. The highest BCUT2D eigenvalue weighted by Gasteiger charge is 2.24. The fourth-order valence-corrected chi connectivity index (χ4v) is 2.20. The number of aryl methyl sites for hydroxylation is 1. The van der Waals surface area contributed by atoms with Gasteiger partial charge in [-0.05, 0) is 32.1 Å². The Labute approximate surface area is 112 Å². The second-order valence-corrected chi connectivity index (χ2v) is 5.11. The summed E-state index contributed by atoms with van der Waals surface area (Å²) in [6.45, 7) is 5.19. The summed E-state index contributed by atoms with van der Waals surface area (Å²) in [6.07, 6.45) is 3.00. The van der Waals surface area contributed by atoms with E-state index in [0.717, 1.165) is 19.3 Å². The summed E-state index contributed by atoms with van der Waals surface area (Å²) in [5, 5.41) is 6.09. The summed E-state index contributed by atoms with van der Waals surface area (Å²) in [4.78, 5) is 25.5. The zero-order valence-corrected chi connectivity index (χ0v) is 11.3. The van der Waals surface area contributed by atoms with Gasteiger partial charge in [-0.2, -0.15) is 0 Å². The van der Waals surface area contributed by atoms with Gasteiger partial charge in [0.05, 0.1) is 0 Å². The molecule has 2 amide bonds. The zero-order chi connectivity index (χ0) is 13.8. The lowest BCUT2D eigenvalue weighted by Crippen LogP contribution is -2.40. The Morgan fingerprint density at radius 1 is 1.42 bits per heavy atom. The van der Waals surface area contributed by atoms with Crippen molar-refractivity contribution in [3.8, 4) is 0 Å². The molecule has 0 aromatic carbocycles. The van der Waals surface area contributed by atoms with E-state index >= 15 is 0 Å². The highest BCUT2D eigenvalue weighted by Crippen LogP contribution is 2.16. The second kappa shape index (κ2) is 5.86. The summed E-state index contributed by atoms with van der Waals surface area (Å²) < 4.78 is 4.84. The van der Waals surface area contributed by atoms with Crippen LogP contribution in [0.2, 0.25) is 0 Å². The Morgan fingerprint density at radius 2 is 2.21 bits per heavy atom. The zero-order valence-electron chi connectivity index (χ0n) is 11.3. The molecule has 1 aliphatic heterocycles. The van der Waals surface area contributed by atoms with E-state index in [1.807, 2.05) is 0 Å². The molecule has 0 bridgehead atoms. The van der Waals surface area contributed by atoms with Crippen molar-refractivity contribution in [3.63, 3.8) is 0 Å². The molecule has 0 spiro atoms. The Bertz CT molecular complexity index is 469. The van der Waals surface area contributed by atoms with E-state index in [1.165, 1.54) is 0 Å². The van der Waals surface area contributed by atoms with Crippen molar-refractivity contribution in [2.24, 2.45) is 5.92 Å². The second-order valence-electron chi connectivity index (χ2n) is 5.11. The highest BCUT2D eigenvalue weighted by molar-refractivity contribution is 6.39. The van der Waals surface area contributed by atoms with Gasteiger partial charge in [0.15, 0.2) is 5.82 Å². The quantitative estimate of drug-likeness (QED) is 0.782. The first-order valence-corrected chi connectivity index (χ1v) is 6.60. The van der Waals surface area contributed by atoms with Crippen LogP contribution in [0, 0.1) is 12.8 Å². The third-order valence-corrected chi connectivity index (χ3v) is 3.37. The van der Waals surface area contributed by atoms with Crippen molar-refractivity contribution in [2.75, 3.05) is 18.4 Å². The standard InChI is InChI=1S/C13H19N3O3/c1-9-4-3-6-16(7-5-9)13(18)12(17)14-11-8-10(2)19-15-11/h8-9H,3-7H2,1-2H3,(H,14,15,17). The lowest BCUT2D eigenvalue weighted by Gasteiger charge is -2.19. The summed E-state index contributed by atoms with van der Waals surface area (Å²) in [5.74, 6) is 0.335. The van der Waals surface area contributed by atoms with Crippen LogP contribution in [0.5, 0.6) is 0 Å². The maximum absolute atomic E-state index is 12.0. The lowest BCUT2D eigenvalue weighted by molar-refractivity contribution is -0.143. The van der Waals surface area contributed by atoms with Gasteiger partial charge in [0, 0.05) is 19.2 Å². The van der Waals surface area contributed by atoms with Gasteiger partial charge in [0.2, 0.25) is 0 Å². The van der Waals surface area contributed by atoms with Crippen molar-refractivity contribution in [1.82, 2.24) is 10.1 Å². The van der Waals surface area contributed by atoms with Crippen molar-refractivity contribution >= 4 is 17.6 Å². The topological polar surface area (TPSA) is 75.4 Å². The molecule has 1 aromatic rings. The Kier molecular flexibility index (Phi) is 4.19. The third-order valence-electron chi connectivity index (χ3n) is 3.37. The average molecular weight is 265 g/mol. The van der Waals surface area contributed by atoms with E-state index in [2.05, 4.69) is 17.4 Å². The van der Waals surface area contributed by atoms with Crippen LogP contribution in [-0.4, -0.2) is 35.0 Å². The highest BCUT2D eigenvalue weighted by atomic mass is 16.5. The minimum absolute atomic E-state index is 0.277. The smallest absolute Gasteiger partial charge is 0.315 e. The van der Waals surface area contributed by atoms with Gasteiger partial charge in [0.25, 0.3) is 0 Å². The average Bonchev–Trinajstić information content (AvgIpc) is 2.65. The number of amides is 2. The number of nitrogens with one attached hydrogen (secondary N) is 1. The summed E-state index contributed by atoms with van der Waals surface area (Å²) in [6, 6.07) is 1.58. The molecule has 19 heavy (non-hydrogen) atoms. The number of nitrogens with zero attached hydrogens (tertiary/aromatic N) is 2. The molecule has 2 rings (SSSR count). The Balaban J connectivity index is 1.93. The number of rotatable bonds is 1. The molecule has 6 heteroatoms. The largest absolute Gasteiger partial charge is 0.360 e. The van der Waals surface area contributed by atoms with Crippen molar-refractivity contribution in [3.05, 3.63) is 11.8 Å². The van der Waals surface area contributed by atoms with Crippen molar-refractivity contribution < 1.29 is 14.1 Å². The molecule has 1 aromatic heterocycles. The molecule has 1 atom stereocenters. The summed E-state index contributed by atoms with van der Waals surface area (Å²) in [5.41, 5.74) is 0. The van der Waals surface area contributed by atoms with Crippen LogP contribution in [0.1, 0.15) is 31.9 Å². The van der Waals surface area contributed by atoms with Crippen molar-refractivity contribution in [2.45, 2.75) is 33.1 Å². The van der Waals surface area contributed by atoms with Gasteiger partial charge >= 0.3 is 11.8 Å². The molecule has 1 N–H and O–H groups in total. The molecule has 2 heterocycles. The molecule has 1 aliphatic rings. The molecule has 0 aliphatic carbocycles. The molecule has 6 nitrogen and oxygen atoms in total. The fourth-order valence-electron chi connectivity index (χ4n) is 2.20. The van der Waals surface area contributed by atoms with Gasteiger partial charge in [-0.1, -0.05) is 12.1 Å². The molecular weight excluding hydrogens is 246 g/mol. The van der Waals surface area contributed by atoms with E-state index in [-0.39, 0.29) is 5.82 Å². The van der Waals surface area contributed by atoms with Crippen LogP contribution in [0.25, 0.3) is 0 Å². The molecular formula is C13H19N3O3. The van der Waals surface area contributed by atoms with Gasteiger partial charge in [-0.3, -0.25) is 14.9 Å². The number of anilines is 1. The number of hydrogen-bond acceptors (Lipinski definition) is 4. The number of carbonyl (C=O) groups is 2. The van der Waals surface area contributed by atoms with Gasteiger partial charge in [-0.25, -0.2) is 0 Å². The third kappa shape index (κ3) is 3.56. The molecule has 104 valence electrons. The monoisotopic (exact) mass is 265 g/mol. The molecule has 1 saturated heterocycles. The molecule has 1 fully saturated rings. The van der Waals surface area contributed by atoms with Crippen LogP contribution < -0.4 is 5.32 Å². The first-order chi connectivity index (χ1) is 9.06. The van der Waals surface area contributed by atoms with E-state index < -0.39 is 11.8 Å². The number of hydrogen-bond donors (Lipinski definition) is 1. The molecule has 1 unspecified atom stereocenters. The van der Waals surface area contributed by atoms with E-state index in [9.17, 15) is 9.59 Å². The van der Waals surface area contributed by atoms with E-state index in [1.54, 1.807) is 17.9 Å². The number of carbonyl (C=O) groups excluding carboxylic acids is 2. The van der Waals surface area contributed by atoms with Crippen molar-refractivity contribution in [1.29, 1.82) is 0 Å². The Hall–Kier alpha value is -1.85. The minimum Gasteiger partial charge on any atom is -0.360 e. The van der Waals surface area contributed by atoms with E-state index in [4.69, 9.17) is 4.52 Å².